The first kappa shape index (κ1) is 18.2. The molecule has 2 rings (SSSR count). The van der Waals surface area contributed by atoms with Crippen LogP contribution >= 0.6 is 34.2 Å². The number of halogens is 4. The Kier molecular flexibility index (Phi) is 5.65. The van der Waals surface area contributed by atoms with Crippen LogP contribution < -0.4 is 14.8 Å². The first-order valence-corrected chi connectivity index (χ1v) is 9.09. The second-order valence-corrected chi connectivity index (χ2v) is 7.61. The van der Waals surface area contributed by atoms with Crippen molar-refractivity contribution in [3.05, 3.63) is 50.6 Å². The van der Waals surface area contributed by atoms with Crippen molar-refractivity contribution in [3.8, 4) is 0 Å². The second kappa shape index (κ2) is 7.16. The zero-order valence-corrected chi connectivity index (χ0v) is 15.4. The van der Waals surface area contributed by atoms with Crippen LogP contribution in [0.5, 0.6) is 0 Å². The molecule has 0 aliphatic carbocycles. The molecule has 0 aromatic heterocycles. The molecule has 5 nitrogen and oxygen atoms in total. The van der Waals surface area contributed by atoms with Gasteiger partial charge in [0.2, 0.25) is 0 Å². The Labute approximate surface area is 150 Å². The average molecular weight is 474 g/mol. The quantitative estimate of drug-likeness (QED) is 0.578. The van der Waals surface area contributed by atoms with Gasteiger partial charge in [-0.15, -0.1) is 0 Å². The number of nitrogens with one attached hydrogen (secondary N) is 3. The van der Waals surface area contributed by atoms with E-state index >= 15 is 0 Å². The highest BCUT2D eigenvalue weighted by Crippen LogP contribution is 2.34. The fourth-order valence-corrected chi connectivity index (χ4v) is 3.14. The second-order valence-electron chi connectivity index (χ2n) is 4.34. The molecule has 0 fully saturated rings. The molecule has 0 atom stereocenters. The van der Waals surface area contributed by atoms with Gasteiger partial charge in [-0.3, -0.25) is 4.72 Å². The topological polar surface area (TPSA) is 70.2 Å². The van der Waals surface area contributed by atoms with Crippen molar-refractivity contribution in [3.63, 3.8) is 0 Å². The summed E-state index contributed by atoms with van der Waals surface area (Å²) in [6.07, 6.45) is 0. The predicted molar refractivity (Wildman–Crippen MR) is 95.4 cm³/mol. The molecule has 2 aromatic rings. The van der Waals surface area contributed by atoms with Gasteiger partial charge in [0.25, 0.3) is 10.2 Å². The van der Waals surface area contributed by atoms with Crippen LogP contribution in [0.25, 0.3) is 0 Å². The summed E-state index contributed by atoms with van der Waals surface area (Å²) in [4.78, 5) is 0. The Hall–Kier alpha value is -1.17. The van der Waals surface area contributed by atoms with E-state index < -0.39 is 21.8 Å². The highest BCUT2D eigenvalue weighted by molar-refractivity contribution is 14.1. The third kappa shape index (κ3) is 4.43. The lowest BCUT2D eigenvalue weighted by molar-refractivity contribution is 0.512. The van der Waals surface area contributed by atoms with E-state index in [2.05, 4.69) is 10.0 Å². The first-order valence-electron chi connectivity index (χ1n) is 6.15. The number of hydrogen-bond donors (Lipinski definition) is 3. The number of hydrogen-bond acceptors (Lipinski definition) is 3. The molecule has 0 heterocycles. The normalized spacial score (nSPS) is 11.3. The van der Waals surface area contributed by atoms with E-state index in [1.54, 1.807) is 18.2 Å². The van der Waals surface area contributed by atoms with Crippen LogP contribution in [-0.2, 0) is 10.2 Å². The molecule has 0 unspecified atom stereocenters. The summed E-state index contributed by atoms with van der Waals surface area (Å²) in [5, 5.41) is 2.90. The average Bonchev–Trinajstić information content (AvgIpc) is 2.48. The van der Waals surface area contributed by atoms with Crippen molar-refractivity contribution in [1.29, 1.82) is 0 Å². The fourth-order valence-electron chi connectivity index (χ4n) is 1.68. The Morgan fingerprint density at radius 3 is 2.39 bits per heavy atom. The van der Waals surface area contributed by atoms with E-state index in [4.69, 9.17) is 11.6 Å². The van der Waals surface area contributed by atoms with Crippen molar-refractivity contribution < 1.29 is 17.2 Å². The van der Waals surface area contributed by atoms with Gasteiger partial charge >= 0.3 is 0 Å². The molecule has 10 heteroatoms. The maximum Gasteiger partial charge on any atom is 0.298 e. The standard InChI is InChI=1S/C13H11ClF2IN3O2S/c1-18-23(21,22)20-11-5-3-9(15)12(16)13(11)19-10-4-2-7(17)6-8(10)14/h2-6,18-20H,1H3. The van der Waals surface area contributed by atoms with Crippen LogP contribution in [-0.4, -0.2) is 15.5 Å². The van der Waals surface area contributed by atoms with Crippen molar-refractivity contribution in [2.45, 2.75) is 0 Å². The highest BCUT2D eigenvalue weighted by Gasteiger charge is 2.18. The molecule has 0 saturated carbocycles. The van der Waals surface area contributed by atoms with Crippen LogP contribution in [0.15, 0.2) is 30.3 Å². The monoisotopic (exact) mass is 473 g/mol. The molecule has 0 spiro atoms. The number of anilines is 3. The van der Waals surface area contributed by atoms with Crippen molar-refractivity contribution >= 4 is 61.5 Å². The molecule has 0 aliphatic rings. The van der Waals surface area contributed by atoms with Crippen molar-refractivity contribution in [2.24, 2.45) is 0 Å². The van der Waals surface area contributed by atoms with E-state index in [0.29, 0.717) is 5.69 Å². The van der Waals surface area contributed by atoms with Crippen molar-refractivity contribution in [1.82, 2.24) is 4.72 Å². The van der Waals surface area contributed by atoms with Crippen LogP contribution in [0.4, 0.5) is 25.8 Å². The van der Waals surface area contributed by atoms with Gasteiger partial charge in [0.15, 0.2) is 11.6 Å². The Morgan fingerprint density at radius 2 is 1.78 bits per heavy atom. The maximum atomic E-state index is 14.1. The summed E-state index contributed by atoms with van der Waals surface area (Å²) in [5.41, 5.74) is -0.221. The molecule has 0 saturated heterocycles. The molecule has 3 N–H and O–H groups in total. The molecule has 2 aromatic carbocycles. The zero-order chi connectivity index (χ0) is 17.2. The third-order valence-electron chi connectivity index (χ3n) is 2.80. The van der Waals surface area contributed by atoms with Gasteiger partial charge in [-0.1, -0.05) is 11.6 Å². The molecular formula is C13H11ClF2IN3O2S. The van der Waals surface area contributed by atoms with Gasteiger partial charge in [0, 0.05) is 10.6 Å². The zero-order valence-electron chi connectivity index (χ0n) is 11.6. The molecule has 0 amide bonds. The smallest absolute Gasteiger partial charge is 0.298 e. The molecule has 23 heavy (non-hydrogen) atoms. The van der Waals surface area contributed by atoms with Crippen LogP contribution in [0.2, 0.25) is 5.02 Å². The largest absolute Gasteiger partial charge is 0.350 e. The summed E-state index contributed by atoms with van der Waals surface area (Å²) >= 11 is 8.10. The van der Waals surface area contributed by atoms with Crippen molar-refractivity contribution in [2.75, 3.05) is 17.1 Å². The van der Waals surface area contributed by atoms with Crippen LogP contribution in [0, 0.1) is 15.2 Å². The summed E-state index contributed by atoms with van der Waals surface area (Å²) < 4.78 is 55.8. The summed E-state index contributed by atoms with van der Waals surface area (Å²) in [7, 11) is -2.71. The van der Waals surface area contributed by atoms with Gasteiger partial charge in [-0.05, 0) is 52.9 Å². The lowest BCUT2D eigenvalue weighted by Gasteiger charge is -2.16. The molecule has 0 bridgehead atoms. The van der Waals surface area contributed by atoms with Crippen LogP contribution in [0.1, 0.15) is 0 Å². The lowest BCUT2D eigenvalue weighted by atomic mass is 10.2. The molecule has 0 radical (unpaired) electrons. The minimum atomic E-state index is -3.90. The molecular weight excluding hydrogens is 463 g/mol. The Morgan fingerprint density at radius 1 is 1.13 bits per heavy atom. The van der Waals surface area contributed by atoms with Gasteiger partial charge in [0.1, 0.15) is 5.69 Å². The molecule has 124 valence electrons. The summed E-state index contributed by atoms with van der Waals surface area (Å²) in [6, 6.07) is 6.84. The minimum Gasteiger partial charge on any atom is -0.350 e. The van der Waals surface area contributed by atoms with Gasteiger partial charge in [-0.2, -0.15) is 8.42 Å². The fraction of sp³-hybridized carbons (Fsp3) is 0.0769. The van der Waals surface area contributed by atoms with E-state index in [0.717, 1.165) is 15.7 Å². The SMILES string of the molecule is CNS(=O)(=O)Nc1ccc(F)c(F)c1Nc1ccc(I)cc1Cl. The molecule has 0 aliphatic heterocycles. The lowest BCUT2D eigenvalue weighted by Crippen LogP contribution is -2.27. The maximum absolute atomic E-state index is 14.1. The number of rotatable bonds is 5. The van der Waals surface area contributed by atoms with Gasteiger partial charge in [0.05, 0.1) is 16.4 Å². The highest BCUT2D eigenvalue weighted by atomic mass is 127. The van der Waals surface area contributed by atoms with E-state index in [-0.39, 0.29) is 16.4 Å². The van der Waals surface area contributed by atoms with E-state index in [9.17, 15) is 17.2 Å². The number of benzene rings is 2. The third-order valence-corrected chi connectivity index (χ3v) is 4.81. The summed E-state index contributed by atoms with van der Waals surface area (Å²) in [5.74, 6) is -2.35. The van der Waals surface area contributed by atoms with Gasteiger partial charge in [-0.25, -0.2) is 13.5 Å². The Balaban J connectivity index is 2.49. The van der Waals surface area contributed by atoms with E-state index in [1.165, 1.54) is 7.05 Å². The van der Waals surface area contributed by atoms with Gasteiger partial charge < -0.3 is 5.32 Å². The Bertz CT molecular complexity index is 849. The van der Waals surface area contributed by atoms with Crippen LogP contribution in [0.3, 0.4) is 0 Å². The first-order chi connectivity index (χ1) is 10.7. The van der Waals surface area contributed by atoms with E-state index in [1.807, 2.05) is 27.3 Å². The summed E-state index contributed by atoms with van der Waals surface area (Å²) in [6.45, 7) is 0. The predicted octanol–water partition coefficient (Wildman–Crippen LogP) is 3.84. The minimum absolute atomic E-state index is 0.159.